The van der Waals surface area contributed by atoms with E-state index in [0.29, 0.717) is 22.4 Å². The highest BCUT2D eigenvalue weighted by molar-refractivity contribution is 7.92. The number of nitrogens with two attached hydrogens (primary N) is 1. The molecule has 8 nitrogen and oxygen atoms in total. The molecule has 2 N–H and O–H groups in total. The van der Waals surface area contributed by atoms with Crippen molar-refractivity contribution in [1.82, 2.24) is 4.90 Å². The highest BCUT2D eigenvalue weighted by atomic mass is 32.2. The van der Waals surface area contributed by atoms with E-state index in [1.807, 2.05) is 13.0 Å². The SMILES string of the molecule is CN1C(=O)[C@@H](c2ccc(N(C)S(C)(=O)=O)cc2)[C@@](C)(c2cccc(C#N)c2)N=C1N. The van der Waals surface area contributed by atoms with Gasteiger partial charge in [0.1, 0.15) is 5.54 Å². The van der Waals surface area contributed by atoms with Crippen LogP contribution in [0.1, 0.15) is 29.5 Å². The van der Waals surface area contributed by atoms with E-state index < -0.39 is 21.5 Å². The van der Waals surface area contributed by atoms with Crippen molar-refractivity contribution < 1.29 is 13.2 Å². The largest absolute Gasteiger partial charge is 0.369 e. The molecule has 0 radical (unpaired) electrons. The lowest BCUT2D eigenvalue weighted by molar-refractivity contribution is -0.130. The van der Waals surface area contributed by atoms with E-state index in [1.165, 1.54) is 11.9 Å². The van der Waals surface area contributed by atoms with E-state index in [1.54, 1.807) is 49.5 Å². The maximum absolute atomic E-state index is 13.3. The lowest BCUT2D eigenvalue weighted by atomic mass is 9.74. The van der Waals surface area contributed by atoms with Gasteiger partial charge in [0.15, 0.2) is 5.96 Å². The zero-order valence-corrected chi connectivity index (χ0v) is 18.0. The molecule has 1 amide bonds. The van der Waals surface area contributed by atoms with E-state index in [4.69, 9.17) is 5.73 Å². The van der Waals surface area contributed by atoms with Gasteiger partial charge in [-0.3, -0.25) is 14.0 Å². The van der Waals surface area contributed by atoms with Crippen LogP contribution in [0.25, 0.3) is 0 Å². The van der Waals surface area contributed by atoms with Crippen molar-refractivity contribution in [3.63, 3.8) is 0 Å². The van der Waals surface area contributed by atoms with Crippen molar-refractivity contribution in [2.24, 2.45) is 10.7 Å². The van der Waals surface area contributed by atoms with Crippen LogP contribution in [0, 0.1) is 11.3 Å². The van der Waals surface area contributed by atoms with Crippen molar-refractivity contribution >= 4 is 27.6 Å². The summed E-state index contributed by atoms with van der Waals surface area (Å²) >= 11 is 0. The number of hydrogen-bond acceptors (Lipinski definition) is 6. The van der Waals surface area contributed by atoms with Gasteiger partial charge in [0.05, 0.1) is 29.5 Å². The number of amides is 1. The Kier molecular flexibility index (Phi) is 5.31. The van der Waals surface area contributed by atoms with Crippen molar-refractivity contribution in [2.45, 2.75) is 18.4 Å². The second-order valence-corrected chi connectivity index (χ2v) is 9.48. The first-order valence-corrected chi connectivity index (χ1v) is 11.0. The smallest absolute Gasteiger partial charge is 0.239 e. The van der Waals surface area contributed by atoms with Crippen LogP contribution in [0.2, 0.25) is 0 Å². The van der Waals surface area contributed by atoms with Crippen molar-refractivity contribution in [3.05, 3.63) is 65.2 Å². The molecule has 156 valence electrons. The number of nitriles is 1. The first kappa shape index (κ1) is 21.3. The summed E-state index contributed by atoms with van der Waals surface area (Å²) in [5, 5.41) is 9.28. The van der Waals surface area contributed by atoms with E-state index in [-0.39, 0.29) is 11.9 Å². The van der Waals surface area contributed by atoms with Gasteiger partial charge in [-0.1, -0.05) is 24.3 Å². The monoisotopic (exact) mass is 425 g/mol. The summed E-state index contributed by atoms with van der Waals surface area (Å²) < 4.78 is 24.8. The van der Waals surface area contributed by atoms with Crippen molar-refractivity contribution in [1.29, 1.82) is 5.26 Å². The maximum atomic E-state index is 13.3. The number of hydrogen-bond donors (Lipinski definition) is 1. The quantitative estimate of drug-likeness (QED) is 0.800. The van der Waals surface area contributed by atoms with Crippen LogP contribution in [0.3, 0.4) is 0 Å². The zero-order valence-electron chi connectivity index (χ0n) is 17.2. The summed E-state index contributed by atoms with van der Waals surface area (Å²) in [7, 11) is -0.379. The molecule has 0 saturated heterocycles. The third-order valence-electron chi connectivity index (χ3n) is 5.49. The molecule has 0 fully saturated rings. The summed E-state index contributed by atoms with van der Waals surface area (Å²) in [6.45, 7) is 1.81. The van der Waals surface area contributed by atoms with Gasteiger partial charge in [-0.05, 0) is 42.3 Å². The Morgan fingerprint density at radius 1 is 1.23 bits per heavy atom. The topological polar surface area (TPSA) is 120 Å². The minimum absolute atomic E-state index is 0.0922. The number of carbonyl (C=O) groups is 1. The van der Waals surface area contributed by atoms with Crippen LogP contribution in [-0.4, -0.2) is 45.5 Å². The molecular weight excluding hydrogens is 402 g/mol. The molecule has 0 aliphatic carbocycles. The van der Waals surface area contributed by atoms with Crippen LogP contribution in [0.15, 0.2) is 53.5 Å². The van der Waals surface area contributed by atoms with Gasteiger partial charge >= 0.3 is 0 Å². The molecular formula is C21H23N5O3S. The molecule has 1 heterocycles. The Morgan fingerprint density at radius 2 is 1.87 bits per heavy atom. The Bertz CT molecular complexity index is 1170. The predicted molar refractivity (Wildman–Crippen MR) is 115 cm³/mol. The minimum Gasteiger partial charge on any atom is -0.369 e. The molecule has 2 aromatic rings. The Labute approximate surface area is 176 Å². The summed E-state index contributed by atoms with van der Waals surface area (Å²) in [5.41, 5.74) is 7.27. The van der Waals surface area contributed by atoms with Gasteiger partial charge in [-0.2, -0.15) is 5.26 Å². The van der Waals surface area contributed by atoms with Crippen molar-refractivity contribution in [2.75, 3.05) is 24.7 Å². The lowest BCUT2D eigenvalue weighted by Gasteiger charge is -2.41. The standard InChI is InChI=1S/C21H23N5O3S/c1-21(16-7-5-6-14(12-16)13-22)18(19(27)25(2)20(23)24-21)15-8-10-17(11-9-15)26(3)30(4,28)29/h5-12,18H,1-4H3,(H2,23,24)/t18-,21-/m1/s1. The fraction of sp³-hybridized carbons (Fsp3) is 0.286. The number of nitrogens with zero attached hydrogens (tertiary/aromatic N) is 4. The van der Waals surface area contributed by atoms with E-state index in [0.717, 1.165) is 10.6 Å². The molecule has 30 heavy (non-hydrogen) atoms. The number of rotatable bonds is 4. The van der Waals surface area contributed by atoms with Crippen LogP contribution in [0.5, 0.6) is 0 Å². The second kappa shape index (κ2) is 7.46. The van der Waals surface area contributed by atoms with Gasteiger partial charge in [0.25, 0.3) is 0 Å². The van der Waals surface area contributed by atoms with E-state index in [9.17, 15) is 18.5 Å². The van der Waals surface area contributed by atoms with Gasteiger partial charge in [0, 0.05) is 14.1 Å². The number of likely N-dealkylation sites (N-methyl/N-ethyl adjacent to an activating group) is 1. The van der Waals surface area contributed by atoms with Gasteiger partial charge in [-0.15, -0.1) is 0 Å². The van der Waals surface area contributed by atoms with Crippen LogP contribution < -0.4 is 10.0 Å². The summed E-state index contributed by atoms with van der Waals surface area (Å²) in [6.07, 6.45) is 1.12. The predicted octanol–water partition coefficient (Wildman–Crippen LogP) is 1.74. The van der Waals surface area contributed by atoms with Gasteiger partial charge in [0.2, 0.25) is 15.9 Å². The fourth-order valence-electron chi connectivity index (χ4n) is 3.59. The third kappa shape index (κ3) is 3.62. The van der Waals surface area contributed by atoms with E-state index >= 15 is 0 Å². The first-order valence-electron chi connectivity index (χ1n) is 9.16. The first-order chi connectivity index (χ1) is 14.0. The number of anilines is 1. The molecule has 2 atom stereocenters. The van der Waals surface area contributed by atoms with Crippen LogP contribution >= 0.6 is 0 Å². The third-order valence-corrected chi connectivity index (χ3v) is 6.70. The molecule has 3 rings (SSSR count). The summed E-state index contributed by atoms with van der Waals surface area (Å²) in [6, 6.07) is 15.8. The molecule has 0 spiro atoms. The molecule has 0 aromatic heterocycles. The van der Waals surface area contributed by atoms with Crippen LogP contribution in [0.4, 0.5) is 5.69 Å². The zero-order chi connectivity index (χ0) is 22.3. The Balaban J connectivity index is 2.15. The Hall–Kier alpha value is -3.38. The number of sulfonamides is 1. The minimum atomic E-state index is -3.40. The van der Waals surface area contributed by atoms with Gasteiger partial charge < -0.3 is 5.73 Å². The molecule has 9 heteroatoms. The molecule has 0 unspecified atom stereocenters. The number of carbonyl (C=O) groups excluding carboxylic acids is 1. The summed E-state index contributed by atoms with van der Waals surface area (Å²) in [4.78, 5) is 19.2. The van der Waals surface area contributed by atoms with Crippen molar-refractivity contribution in [3.8, 4) is 6.07 Å². The molecule has 1 aliphatic heterocycles. The second-order valence-electron chi connectivity index (χ2n) is 7.46. The number of guanidine groups is 1. The van der Waals surface area contributed by atoms with E-state index in [2.05, 4.69) is 11.1 Å². The molecule has 1 aliphatic rings. The summed E-state index contributed by atoms with van der Waals surface area (Å²) in [5.74, 6) is -0.854. The highest BCUT2D eigenvalue weighted by Gasteiger charge is 2.47. The fourth-order valence-corrected chi connectivity index (χ4v) is 4.10. The maximum Gasteiger partial charge on any atom is 0.239 e. The molecule has 0 saturated carbocycles. The lowest BCUT2D eigenvalue weighted by Crippen LogP contribution is -2.52. The molecule has 0 bridgehead atoms. The average Bonchev–Trinajstić information content (AvgIpc) is 2.71. The normalized spacial score (nSPS) is 21.7. The molecule has 2 aromatic carbocycles. The highest BCUT2D eigenvalue weighted by Crippen LogP contribution is 2.44. The number of benzene rings is 2. The van der Waals surface area contributed by atoms with Crippen LogP contribution in [-0.2, 0) is 20.4 Å². The van der Waals surface area contributed by atoms with Gasteiger partial charge in [-0.25, -0.2) is 13.4 Å². The average molecular weight is 426 g/mol. The Morgan fingerprint density at radius 3 is 2.43 bits per heavy atom. The number of aliphatic imine (C=N–C) groups is 1.